The van der Waals surface area contributed by atoms with Crippen LogP contribution < -0.4 is 16.6 Å². The third-order valence-corrected chi connectivity index (χ3v) is 7.14. The Hall–Kier alpha value is -2.88. The minimum absolute atomic E-state index is 0.210. The maximum absolute atomic E-state index is 13.4. The van der Waals surface area contributed by atoms with Gasteiger partial charge in [0.1, 0.15) is 11.2 Å². The van der Waals surface area contributed by atoms with E-state index in [0.717, 1.165) is 16.6 Å². The lowest BCUT2D eigenvalue weighted by atomic mass is 10.1. The summed E-state index contributed by atoms with van der Waals surface area (Å²) in [5.41, 5.74) is 1.24. The molecule has 32 heavy (non-hydrogen) atoms. The van der Waals surface area contributed by atoms with Gasteiger partial charge in [0.05, 0.1) is 5.69 Å². The van der Waals surface area contributed by atoms with E-state index in [9.17, 15) is 14.4 Å². The summed E-state index contributed by atoms with van der Waals surface area (Å²) >= 11 is 8.48. The Bertz CT molecular complexity index is 1410. The van der Waals surface area contributed by atoms with Crippen molar-refractivity contribution >= 4 is 56.6 Å². The highest BCUT2D eigenvalue weighted by Gasteiger charge is 2.20. The van der Waals surface area contributed by atoms with Crippen molar-refractivity contribution in [1.82, 2.24) is 14.1 Å². The number of thiazole rings is 1. The quantitative estimate of drug-likeness (QED) is 0.413. The van der Waals surface area contributed by atoms with Gasteiger partial charge in [0, 0.05) is 10.7 Å². The number of carbonyl (C=O) groups is 1. The number of aromatic nitrogens is 3. The van der Waals surface area contributed by atoms with Crippen LogP contribution in [-0.2, 0) is 17.8 Å². The van der Waals surface area contributed by atoms with E-state index in [0.29, 0.717) is 25.4 Å². The highest BCUT2D eigenvalue weighted by Crippen LogP contribution is 2.25. The van der Waals surface area contributed by atoms with Crippen molar-refractivity contribution in [3.8, 4) is 5.69 Å². The summed E-state index contributed by atoms with van der Waals surface area (Å²) in [5.74, 6) is -0.416. The molecule has 0 aliphatic rings. The van der Waals surface area contributed by atoms with Gasteiger partial charge in [-0.2, -0.15) is 0 Å². The molecule has 4 rings (SSSR count). The molecule has 2 aromatic heterocycles. The number of anilines is 1. The van der Waals surface area contributed by atoms with E-state index >= 15 is 0 Å². The Morgan fingerprint density at radius 3 is 2.44 bits per heavy atom. The molecule has 0 saturated heterocycles. The van der Waals surface area contributed by atoms with Crippen LogP contribution in [0.2, 0.25) is 5.02 Å². The average Bonchev–Trinajstić information content (AvgIpc) is 3.24. The van der Waals surface area contributed by atoms with Gasteiger partial charge in [-0.05, 0) is 54.6 Å². The summed E-state index contributed by atoms with van der Waals surface area (Å²) in [7, 11) is 0. The number of carbonyl (C=O) groups excluding carboxylic acids is 1. The van der Waals surface area contributed by atoms with Crippen molar-refractivity contribution in [2.75, 3.05) is 11.6 Å². The molecule has 2 heterocycles. The largest absolute Gasteiger partial charge is 0.337 e. The van der Waals surface area contributed by atoms with Gasteiger partial charge in [-0.25, -0.2) is 14.3 Å². The molecule has 0 saturated carbocycles. The molecule has 0 spiro atoms. The van der Waals surface area contributed by atoms with Crippen molar-refractivity contribution in [2.45, 2.75) is 24.2 Å². The topological polar surface area (TPSA) is 86.0 Å². The second-order valence-electron chi connectivity index (χ2n) is 6.92. The number of nitrogens with zero attached hydrogens (tertiary/aromatic N) is 3. The first-order chi connectivity index (χ1) is 15.4. The molecule has 10 heteroatoms. The monoisotopic (exact) mass is 486 g/mol. The smallest absolute Gasteiger partial charge is 0.325 e. The van der Waals surface area contributed by atoms with Crippen molar-refractivity contribution < 1.29 is 4.79 Å². The van der Waals surface area contributed by atoms with Crippen molar-refractivity contribution in [1.29, 1.82) is 0 Å². The predicted molar refractivity (Wildman–Crippen MR) is 131 cm³/mol. The highest BCUT2D eigenvalue weighted by molar-refractivity contribution is 8.00. The van der Waals surface area contributed by atoms with Gasteiger partial charge in [0.15, 0.2) is 9.99 Å². The molecule has 7 nitrogen and oxygen atoms in total. The van der Waals surface area contributed by atoms with Gasteiger partial charge >= 0.3 is 5.69 Å². The van der Waals surface area contributed by atoms with Gasteiger partial charge in [-0.3, -0.25) is 14.2 Å². The van der Waals surface area contributed by atoms with Gasteiger partial charge in [-0.1, -0.05) is 42.4 Å². The first kappa shape index (κ1) is 22.3. The molecule has 0 fully saturated rings. The number of aryl methyl sites for hydroxylation is 1. The minimum Gasteiger partial charge on any atom is -0.325 e. The Morgan fingerprint density at radius 1 is 1.12 bits per heavy atom. The fourth-order valence-electron chi connectivity index (χ4n) is 3.23. The Kier molecular flexibility index (Phi) is 6.50. The van der Waals surface area contributed by atoms with E-state index in [4.69, 9.17) is 11.6 Å². The normalized spacial score (nSPS) is 11.1. The van der Waals surface area contributed by atoms with E-state index in [2.05, 4.69) is 10.3 Å². The first-order valence-electron chi connectivity index (χ1n) is 9.76. The summed E-state index contributed by atoms with van der Waals surface area (Å²) in [6.45, 7) is 1.74. The van der Waals surface area contributed by atoms with Crippen LogP contribution >= 0.6 is 34.7 Å². The average molecular weight is 487 g/mol. The zero-order valence-corrected chi connectivity index (χ0v) is 19.7. The van der Waals surface area contributed by atoms with Crippen LogP contribution in [0.5, 0.6) is 0 Å². The summed E-state index contributed by atoms with van der Waals surface area (Å²) in [5, 5.41) is 3.30. The molecule has 2 aromatic carbocycles. The van der Waals surface area contributed by atoms with Crippen molar-refractivity contribution in [3.63, 3.8) is 0 Å². The number of hydrogen-bond acceptors (Lipinski definition) is 6. The van der Waals surface area contributed by atoms with Crippen LogP contribution in [0.15, 0.2) is 62.5 Å². The molecule has 0 aliphatic heterocycles. The number of fused-ring (bicyclic) bond motifs is 1. The molecule has 4 aromatic rings. The summed E-state index contributed by atoms with van der Waals surface area (Å²) < 4.78 is 3.31. The molecule has 1 amide bonds. The molecule has 0 bridgehead atoms. The molecule has 164 valence electrons. The van der Waals surface area contributed by atoms with Gasteiger partial charge in [0.2, 0.25) is 5.91 Å². The molecular weight excluding hydrogens is 468 g/mol. The van der Waals surface area contributed by atoms with Crippen LogP contribution in [0.1, 0.15) is 12.5 Å². The van der Waals surface area contributed by atoms with Crippen LogP contribution in [-0.4, -0.2) is 26.3 Å². The highest BCUT2D eigenvalue weighted by atomic mass is 35.5. The van der Waals surface area contributed by atoms with Gasteiger partial charge < -0.3 is 5.32 Å². The number of amides is 1. The van der Waals surface area contributed by atoms with Crippen LogP contribution in [0, 0.1) is 0 Å². The lowest BCUT2D eigenvalue weighted by molar-refractivity contribution is -0.116. The number of nitrogens with one attached hydrogen (secondary N) is 1. The third-order valence-electron chi connectivity index (χ3n) is 4.87. The van der Waals surface area contributed by atoms with E-state index < -0.39 is 17.2 Å². The van der Waals surface area contributed by atoms with Crippen molar-refractivity contribution in [2.24, 2.45) is 0 Å². The summed E-state index contributed by atoms with van der Waals surface area (Å²) in [4.78, 5) is 43.7. The fraction of sp³-hybridized carbons (Fsp3) is 0.182. The van der Waals surface area contributed by atoms with Crippen molar-refractivity contribution in [3.05, 3.63) is 80.0 Å². The standard InChI is InChI=1S/C22H19ClN4O3S2/c1-3-13-4-10-16(11-5-13)27-20(29)18-19(25-21(31-2)32-18)26(22(27)30)12-17(28)24-15-8-6-14(23)7-9-15/h4-11H,3,12H2,1-2H3,(H,24,28). The molecule has 0 aliphatic carbocycles. The van der Waals surface area contributed by atoms with Gasteiger partial charge in [0.25, 0.3) is 5.56 Å². The number of halogens is 1. The van der Waals surface area contributed by atoms with E-state index in [-0.39, 0.29) is 12.2 Å². The SMILES string of the molecule is CCc1ccc(-n2c(=O)c3sc(SC)nc3n(CC(=O)Nc3ccc(Cl)cc3)c2=O)cc1. The third kappa shape index (κ3) is 4.36. The Morgan fingerprint density at radius 2 is 1.81 bits per heavy atom. The maximum atomic E-state index is 13.4. The van der Waals surface area contributed by atoms with Crippen LogP contribution in [0.4, 0.5) is 5.69 Å². The predicted octanol–water partition coefficient (Wildman–Crippen LogP) is 4.19. The Balaban J connectivity index is 1.82. The molecule has 1 N–H and O–H groups in total. The van der Waals surface area contributed by atoms with E-state index in [1.165, 1.54) is 27.7 Å². The van der Waals surface area contributed by atoms with Crippen LogP contribution in [0.25, 0.3) is 16.0 Å². The van der Waals surface area contributed by atoms with E-state index in [1.54, 1.807) is 36.4 Å². The first-order valence-corrected chi connectivity index (χ1v) is 12.2. The molecule has 0 unspecified atom stereocenters. The molecular formula is C22H19ClN4O3S2. The fourth-order valence-corrected chi connectivity index (χ4v) is 4.85. The summed E-state index contributed by atoms with van der Waals surface area (Å²) in [6.07, 6.45) is 2.69. The second kappa shape index (κ2) is 9.32. The Labute approximate surface area is 196 Å². The second-order valence-corrected chi connectivity index (χ2v) is 9.41. The minimum atomic E-state index is -0.615. The number of hydrogen-bond donors (Lipinski definition) is 1. The lowest BCUT2D eigenvalue weighted by Gasteiger charge is -2.12. The lowest BCUT2D eigenvalue weighted by Crippen LogP contribution is -2.40. The number of benzene rings is 2. The number of rotatable bonds is 6. The molecule has 0 radical (unpaired) electrons. The summed E-state index contributed by atoms with van der Waals surface area (Å²) in [6, 6.07) is 13.9. The van der Waals surface area contributed by atoms with Gasteiger partial charge in [-0.15, -0.1) is 11.3 Å². The maximum Gasteiger partial charge on any atom is 0.337 e. The zero-order chi connectivity index (χ0) is 22.8. The van der Waals surface area contributed by atoms with E-state index in [1.807, 2.05) is 25.3 Å². The van der Waals surface area contributed by atoms with Crippen LogP contribution in [0.3, 0.4) is 0 Å². The number of thioether (sulfide) groups is 1. The molecule has 0 atom stereocenters. The zero-order valence-electron chi connectivity index (χ0n) is 17.3.